The predicted octanol–water partition coefficient (Wildman–Crippen LogP) is 3.89. The van der Waals surface area contributed by atoms with E-state index in [2.05, 4.69) is 41.3 Å². The number of aromatic nitrogens is 1. The molecule has 1 fully saturated rings. The predicted molar refractivity (Wildman–Crippen MR) is 88.9 cm³/mol. The van der Waals surface area contributed by atoms with Crippen LogP contribution in [0.1, 0.15) is 36.0 Å². The number of nitrogens with one attached hydrogen (secondary N) is 1. The maximum Gasteiger partial charge on any atom is 0.109 e. The molecule has 3 atom stereocenters. The number of likely N-dealkylation sites (tertiary alicyclic amines) is 1. The van der Waals surface area contributed by atoms with Gasteiger partial charge in [-0.15, -0.1) is 11.3 Å². The Kier molecular flexibility index (Phi) is 4.60. The van der Waals surface area contributed by atoms with E-state index in [0.717, 1.165) is 23.0 Å². The van der Waals surface area contributed by atoms with Gasteiger partial charge in [0.25, 0.3) is 0 Å². The lowest BCUT2D eigenvalue weighted by Gasteiger charge is -2.28. The smallest absolute Gasteiger partial charge is 0.109 e. The van der Waals surface area contributed by atoms with E-state index in [0.29, 0.717) is 12.1 Å². The Labute approximate surface area is 135 Å². The van der Waals surface area contributed by atoms with Gasteiger partial charge in [0.15, 0.2) is 0 Å². The lowest BCUT2D eigenvalue weighted by Crippen LogP contribution is -2.36. The molecule has 1 aliphatic heterocycles. The van der Waals surface area contributed by atoms with Crippen molar-refractivity contribution < 1.29 is 0 Å². The molecule has 2 aromatic rings. The summed E-state index contributed by atoms with van der Waals surface area (Å²) in [5.41, 5.74) is 1.32. The van der Waals surface area contributed by atoms with Crippen molar-refractivity contribution in [2.24, 2.45) is 0 Å². The van der Waals surface area contributed by atoms with E-state index in [4.69, 9.17) is 11.6 Å². The average Bonchev–Trinajstić information content (AvgIpc) is 3.11. The van der Waals surface area contributed by atoms with E-state index in [1.165, 1.54) is 5.56 Å². The van der Waals surface area contributed by atoms with E-state index in [1.807, 2.05) is 23.7 Å². The highest BCUT2D eigenvalue weighted by molar-refractivity contribution is 7.09. The molecule has 0 amide bonds. The third-order valence-corrected chi connectivity index (χ3v) is 5.36. The molecule has 1 saturated heterocycles. The van der Waals surface area contributed by atoms with Crippen molar-refractivity contribution in [3.63, 3.8) is 0 Å². The highest BCUT2D eigenvalue weighted by Crippen LogP contribution is 2.33. The molecule has 0 bridgehead atoms. The van der Waals surface area contributed by atoms with E-state index in [-0.39, 0.29) is 6.04 Å². The summed E-state index contributed by atoms with van der Waals surface area (Å²) in [5, 5.41) is 7.72. The van der Waals surface area contributed by atoms with Crippen molar-refractivity contribution in [1.29, 1.82) is 0 Å². The minimum Gasteiger partial charge on any atom is -0.303 e. The number of benzene rings is 1. The Morgan fingerprint density at radius 3 is 2.81 bits per heavy atom. The molecule has 1 aromatic heterocycles. The van der Waals surface area contributed by atoms with Crippen LogP contribution in [0.25, 0.3) is 0 Å². The average molecular weight is 322 g/mol. The molecule has 3 nitrogen and oxygen atoms in total. The Bertz CT molecular complexity index is 570. The molecule has 21 heavy (non-hydrogen) atoms. The zero-order valence-corrected chi connectivity index (χ0v) is 13.9. The second-order valence-corrected chi connectivity index (χ2v) is 6.99. The first-order valence-electron chi connectivity index (χ1n) is 7.26. The third-order valence-electron chi connectivity index (χ3n) is 4.15. The van der Waals surface area contributed by atoms with Crippen molar-refractivity contribution in [3.05, 3.63) is 51.4 Å². The first-order valence-corrected chi connectivity index (χ1v) is 8.52. The van der Waals surface area contributed by atoms with Crippen LogP contribution in [0.5, 0.6) is 0 Å². The Morgan fingerprint density at radius 2 is 2.14 bits per heavy atom. The number of likely N-dealkylation sites (N-methyl/N-ethyl adjacent to an activating group) is 1. The van der Waals surface area contributed by atoms with Crippen LogP contribution < -0.4 is 5.32 Å². The summed E-state index contributed by atoms with van der Waals surface area (Å²) in [5.74, 6) is 0. The van der Waals surface area contributed by atoms with Gasteiger partial charge >= 0.3 is 0 Å². The normalized spacial score (nSPS) is 24.3. The SMILES string of the molecule is C[C@H](N[C@H]1CCN(C)[C@@H]1c1ccc(Cl)cc1)c1nccs1. The Balaban J connectivity index is 1.76. The van der Waals surface area contributed by atoms with Crippen LogP contribution in [-0.2, 0) is 0 Å². The van der Waals surface area contributed by atoms with E-state index in [1.54, 1.807) is 11.3 Å². The maximum atomic E-state index is 6.01. The number of hydrogen-bond acceptors (Lipinski definition) is 4. The first-order chi connectivity index (χ1) is 10.1. The minimum absolute atomic E-state index is 0.288. The van der Waals surface area contributed by atoms with Gasteiger partial charge in [0, 0.05) is 35.2 Å². The molecule has 2 heterocycles. The third kappa shape index (κ3) is 3.29. The lowest BCUT2D eigenvalue weighted by atomic mass is 9.99. The molecule has 0 aliphatic carbocycles. The van der Waals surface area contributed by atoms with Crippen molar-refractivity contribution in [3.8, 4) is 0 Å². The van der Waals surface area contributed by atoms with E-state index >= 15 is 0 Å². The highest BCUT2D eigenvalue weighted by atomic mass is 35.5. The van der Waals surface area contributed by atoms with Gasteiger partial charge in [-0.2, -0.15) is 0 Å². The van der Waals surface area contributed by atoms with Crippen LogP contribution in [0.2, 0.25) is 5.02 Å². The molecule has 5 heteroatoms. The molecular formula is C16H20ClN3S. The number of hydrogen-bond donors (Lipinski definition) is 1. The molecular weight excluding hydrogens is 302 g/mol. The van der Waals surface area contributed by atoms with Gasteiger partial charge in [-0.1, -0.05) is 23.7 Å². The van der Waals surface area contributed by atoms with Gasteiger partial charge in [-0.25, -0.2) is 4.98 Å². The topological polar surface area (TPSA) is 28.2 Å². The van der Waals surface area contributed by atoms with E-state index < -0.39 is 0 Å². The van der Waals surface area contributed by atoms with Crippen LogP contribution in [0.4, 0.5) is 0 Å². The van der Waals surface area contributed by atoms with Gasteiger partial charge in [0.2, 0.25) is 0 Å². The monoisotopic (exact) mass is 321 g/mol. The second kappa shape index (κ2) is 6.44. The summed E-state index contributed by atoms with van der Waals surface area (Å²) in [4.78, 5) is 6.82. The zero-order chi connectivity index (χ0) is 14.8. The first kappa shape index (κ1) is 15.0. The number of halogens is 1. The minimum atomic E-state index is 0.288. The second-order valence-electron chi connectivity index (χ2n) is 5.63. The van der Waals surface area contributed by atoms with Crippen LogP contribution in [-0.4, -0.2) is 29.5 Å². The summed E-state index contributed by atoms with van der Waals surface area (Å²) in [6, 6.07) is 9.35. The van der Waals surface area contributed by atoms with Crippen molar-refractivity contribution in [2.45, 2.75) is 31.5 Å². The van der Waals surface area contributed by atoms with Gasteiger partial charge < -0.3 is 5.32 Å². The fraction of sp³-hybridized carbons (Fsp3) is 0.438. The van der Waals surface area contributed by atoms with Gasteiger partial charge in [-0.3, -0.25) is 4.90 Å². The Morgan fingerprint density at radius 1 is 1.38 bits per heavy atom. The van der Waals surface area contributed by atoms with Crippen molar-refractivity contribution >= 4 is 22.9 Å². The summed E-state index contributed by atoms with van der Waals surface area (Å²) in [6.45, 7) is 3.30. The largest absolute Gasteiger partial charge is 0.303 e. The van der Waals surface area contributed by atoms with Crippen LogP contribution in [0.15, 0.2) is 35.8 Å². The standard InChI is InChI=1S/C16H20ClN3S/c1-11(16-18-8-10-21-16)19-14-7-9-20(2)15(14)12-3-5-13(17)6-4-12/h3-6,8,10-11,14-15,19H,7,9H2,1-2H3/t11-,14-,15+/m0/s1. The molecule has 1 aromatic carbocycles. The van der Waals surface area contributed by atoms with Crippen LogP contribution in [0, 0.1) is 0 Å². The van der Waals surface area contributed by atoms with Gasteiger partial charge in [-0.05, 0) is 38.1 Å². The van der Waals surface area contributed by atoms with Crippen molar-refractivity contribution in [1.82, 2.24) is 15.2 Å². The molecule has 1 aliphatic rings. The highest BCUT2D eigenvalue weighted by Gasteiger charge is 2.33. The van der Waals surface area contributed by atoms with Gasteiger partial charge in [0.1, 0.15) is 5.01 Å². The fourth-order valence-corrected chi connectivity index (χ4v) is 3.89. The summed E-state index contributed by atoms with van der Waals surface area (Å²) < 4.78 is 0. The van der Waals surface area contributed by atoms with E-state index in [9.17, 15) is 0 Å². The molecule has 0 radical (unpaired) electrons. The lowest BCUT2D eigenvalue weighted by molar-refractivity contribution is 0.278. The molecule has 0 saturated carbocycles. The summed E-state index contributed by atoms with van der Waals surface area (Å²) >= 11 is 7.72. The van der Waals surface area contributed by atoms with Crippen LogP contribution in [0.3, 0.4) is 0 Å². The summed E-state index contributed by atoms with van der Waals surface area (Å²) in [7, 11) is 2.19. The zero-order valence-electron chi connectivity index (χ0n) is 12.3. The number of nitrogens with zero attached hydrogens (tertiary/aromatic N) is 2. The van der Waals surface area contributed by atoms with Crippen molar-refractivity contribution in [2.75, 3.05) is 13.6 Å². The quantitative estimate of drug-likeness (QED) is 0.926. The number of thiazole rings is 1. The summed E-state index contributed by atoms with van der Waals surface area (Å²) in [6.07, 6.45) is 3.02. The maximum absolute atomic E-state index is 6.01. The molecule has 1 N–H and O–H groups in total. The Hall–Kier alpha value is -0.940. The van der Waals surface area contributed by atoms with Gasteiger partial charge in [0.05, 0.1) is 6.04 Å². The molecule has 3 rings (SSSR count). The molecule has 112 valence electrons. The van der Waals surface area contributed by atoms with Crippen LogP contribution >= 0.6 is 22.9 Å². The molecule has 0 spiro atoms. The fourth-order valence-electron chi connectivity index (χ4n) is 3.11. The number of rotatable bonds is 4. The molecule has 0 unspecified atom stereocenters.